The summed E-state index contributed by atoms with van der Waals surface area (Å²) in [4.78, 5) is 21.6. The number of rotatable bonds is 6. The summed E-state index contributed by atoms with van der Waals surface area (Å²) in [5.41, 5.74) is 3.55. The molecule has 0 aliphatic rings. The van der Waals surface area contributed by atoms with E-state index in [2.05, 4.69) is 15.3 Å². The minimum atomic E-state index is -0.367. The van der Waals surface area contributed by atoms with E-state index in [0.717, 1.165) is 22.5 Å². The summed E-state index contributed by atoms with van der Waals surface area (Å²) in [5, 5.41) is 3.16. The predicted molar refractivity (Wildman–Crippen MR) is 110 cm³/mol. The molecule has 2 aromatic carbocycles. The van der Waals surface area contributed by atoms with Gasteiger partial charge in [-0.15, -0.1) is 0 Å². The number of carbonyl (C=O) groups excluding carboxylic acids is 1. The van der Waals surface area contributed by atoms with Gasteiger partial charge in [0.2, 0.25) is 5.91 Å². The first-order valence-electron chi connectivity index (χ1n) is 9.06. The summed E-state index contributed by atoms with van der Waals surface area (Å²) < 4.78 is 13.1. The van der Waals surface area contributed by atoms with Crippen LogP contribution in [0.3, 0.4) is 0 Å². The fourth-order valence-electron chi connectivity index (χ4n) is 2.73. The SMILES string of the molecule is Cc1cc(-c2ccccc2)nc(S[C@@H](C)C(=O)N[C@H](C)c2ccc(F)cc2)n1. The number of aromatic nitrogens is 2. The van der Waals surface area contributed by atoms with Crippen molar-refractivity contribution >= 4 is 17.7 Å². The van der Waals surface area contributed by atoms with Gasteiger partial charge >= 0.3 is 0 Å². The molecule has 1 N–H and O–H groups in total. The first-order chi connectivity index (χ1) is 13.4. The molecule has 1 heterocycles. The Hall–Kier alpha value is -2.73. The molecule has 0 bridgehead atoms. The number of halogens is 1. The van der Waals surface area contributed by atoms with E-state index >= 15 is 0 Å². The Bertz CT molecular complexity index is 948. The van der Waals surface area contributed by atoms with Crippen LogP contribution >= 0.6 is 11.8 Å². The van der Waals surface area contributed by atoms with Gasteiger partial charge < -0.3 is 5.32 Å². The summed E-state index contributed by atoms with van der Waals surface area (Å²) in [6.45, 7) is 5.62. The summed E-state index contributed by atoms with van der Waals surface area (Å²) >= 11 is 1.32. The van der Waals surface area contributed by atoms with Crippen LogP contribution in [0.25, 0.3) is 11.3 Å². The number of aryl methyl sites for hydroxylation is 1. The Morgan fingerprint density at radius 1 is 1.04 bits per heavy atom. The largest absolute Gasteiger partial charge is 0.349 e. The molecule has 0 saturated carbocycles. The molecule has 0 saturated heterocycles. The first kappa shape index (κ1) is 20.0. The highest BCUT2D eigenvalue weighted by molar-refractivity contribution is 8.00. The van der Waals surface area contributed by atoms with Gasteiger partial charge in [-0.05, 0) is 44.5 Å². The first-order valence-corrected chi connectivity index (χ1v) is 9.94. The van der Waals surface area contributed by atoms with E-state index in [4.69, 9.17) is 0 Å². The molecule has 2 atom stereocenters. The van der Waals surface area contributed by atoms with Crippen molar-refractivity contribution in [3.8, 4) is 11.3 Å². The van der Waals surface area contributed by atoms with E-state index in [1.165, 1.54) is 23.9 Å². The maximum Gasteiger partial charge on any atom is 0.233 e. The van der Waals surface area contributed by atoms with Crippen LogP contribution in [0.5, 0.6) is 0 Å². The highest BCUT2D eigenvalue weighted by atomic mass is 32.2. The van der Waals surface area contributed by atoms with Gasteiger partial charge in [0.15, 0.2) is 5.16 Å². The number of hydrogen-bond acceptors (Lipinski definition) is 4. The maximum absolute atomic E-state index is 13.1. The van der Waals surface area contributed by atoms with Crippen molar-refractivity contribution in [1.82, 2.24) is 15.3 Å². The standard InChI is InChI=1S/C22H22FN3OS/c1-14-13-20(18-7-5-4-6-8-18)26-22(24-14)28-16(3)21(27)25-15(2)17-9-11-19(23)12-10-17/h4-13,15-16H,1-3H3,(H,25,27)/t15-,16+/m1/s1. The van der Waals surface area contributed by atoms with Gasteiger partial charge in [0.05, 0.1) is 17.0 Å². The molecule has 3 rings (SSSR count). The normalized spacial score (nSPS) is 13.0. The van der Waals surface area contributed by atoms with Gasteiger partial charge in [0, 0.05) is 11.3 Å². The lowest BCUT2D eigenvalue weighted by atomic mass is 10.1. The molecule has 0 radical (unpaired) electrons. The van der Waals surface area contributed by atoms with Crippen LogP contribution in [0.4, 0.5) is 4.39 Å². The third kappa shape index (κ3) is 5.16. The summed E-state index contributed by atoms with van der Waals surface area (Å²) in [7, 11) is 0. The Morgan fingerprint density at radius 2 is 1.71 bits per heavy atom. The Balaban J connectivity index is 1.68. The molecule has 144 valence electrons. The lowest BCUT2D eigenvalue weighted by molar-refractivity contribution is -0.120. The van der Waals surface area contributed by atoms with Gasteiger partial charge in [0.1, 0.15) is 5.82 Å². The predicted octanol–water partition coefficient (Wildman–Crippen LogP) is 4.95. The van der Waals surface area contributed by atoms with Gasteiger partial charge in [-0.1, -0.05) is 54.2 Å². The van der Waals surface area contributed by atoms with Crippen LogP contribution < -0.4 is 5.32 Å². The average molecular weight is 396 g/mol. The van der Waals surface area contributed by atoms with Crippen molar-refractivity contribution in [2.24, 2.45) is 0 Å². The lowest BCUT2D eigenvalue weighted by Crippen LogP contribution is -2.33. The van der Waals surface area contributed by atoms with Crippen LogP contribution in [0, 0.1) is 12.7 Å². The molecule has 1 amide bonds. The van der Waals surface area contributed by atoms with E-state index in [1.807, 2.05) is 57.2 Å². The Morgan fingerprint density at radius 3 is 2.39 bits per heavy atom. The van der Waals surface area contributed by atoms with Crippen LogP contribution in [0.15, 0.2) is 65.8 Å². The molecule has 6 heteroatoms. The summed E-state index contributed by atoms with van der Waals surface area (Å²) in [5.74, 6) is -0.412. The van der Waals surface area contributed by atoms with Gasteiger partial charge in [0.25, 0.3) is 0 Å². The zero-order chi connectivity index (χ0) is 20.1. The van der Waals surface area contributed by atoms with Crippen molar-refractivity contribution in [1.29, 1.82) is 0 Å². The highest BCUT2D eigenvalue weighted by Crippen LogP contribution is 2.25. The van der Waals surface area contributed by atoms with Crippen molar-refractivity contribution in [2.45, 2.75) is 37.2 Å². The third-order valence-corrected chi connectivity index (χ3v) is 5.24. The minimum absolute atomic E-state index is 0.117. The Kier molecular flexibility index (Phi) is 6.41. The number of amides is 1. The second-order valence-corrected chi connectivity index (χ2v) is 7.89. The van der Waals surface area contributed by atoms with Crippen molar-refractivity contribution in [2.75, 3.05) is 0 Å². The van der Waals surface area contributed by atoms with E-state index in [1.54, 1.807) is 12.1 Å². The van der Waals surface area contributed by atoms with Crippen molar-refractivity contribution < 1.29 is 9.18 Å². The topological polar surface area (TPSA) is 54.9 Å². The van der Waals surface area contributed by atoms with Crippen LogP contribution in [-0.2, 0) is 4.79 Å². The second-order valence-electron chi connectivity index (χ2n) is 6.59. The van der Waals surface area contributed by atoms with E-state index in [-0.39, 0.29) is 23.0 Å². The number of benzene rings is 2. The van der Waals surface area contributed by atoms with E-state index < -0.39 is 0 Å². The van der Waals surface area contributed by atoms with Crippen molar-refractivity contribution in [3.05, 3.63) is 77.7 Å². The molecule has 0 spiro atoms. The Labute approximate surface area is 168 Å². The van der Waals surface area contributed by atoms with Crippen molar-refractivity contribution in [3.63, 3.8) is 0 Å². The molecule has 1 aromatic heterocycles. The zero-order valence-corrected chi connectivity index (χ0v) is 16.8. The number of thioether (sulfide) groups is 1. The highest BCUT2D eigenvalue weighted by Gasteiger charge is 2.19. The summed E-state index contributed by atoms with van der Waals surface area (Å²) in [6.07, 6.45) is 0. The maximum atomic E-state index is 13.1. The molecule has 4 nitrogen and oxygen atoms in total. The van der Waals surface area contributed by atoms with Gasteiger partial charge in [-0.3, -0.25) is 4.79 Å². The molecule has 0 fully saturated rings. The number of carbonyl (C=O) groups is 1. The number of hydrogen-bond donors (Lipinski definition) is 1. The van der Waals surface area contributed by atoms with E-state index in [0.29, 0.717) is 5.16 Å². The van der Waals surface area contributed by atoms with Gasteiger partial charge in [-0.2, -0.15) is 0 Å². The van der Waals surface area contributed by atoms with Gasteiger partial charge in [-0.25, -0.2) is 14.4 Å². The number of nitrogens with zero attached hydrogens (tertiary/aromatic N) is 2. The number of nitrogens with one attached hydrogen (secondary N) is 1. The third-order valence-electron chi connectivity index (χ3n) is 4.28. The van der Waals surface area contributed by atoms with Crippen LogP contribution in [-0.4, -0.2) is 21.1 Å². The van der Waals surface area contributed by atoms with Crippen LogP contribution in [0.2, 0.25) is 0 Å². The fraction of sp³-hybridized carbons (Fsp3) is 0.227. The molecule has 3 aromatic rings. The van der Waals surface area contributed by atoms with E-state index in [9.17, 15) is 9.18 Å². The quantitative estimate of drug-likeness (QED) is 0.474. The molecule has 0 aliphatic carbocycles. The molecule has 0 aliphatic heterocycles. The van der Waals surface area contributed by atoms with Crippen LogP contribution in [0.1, 0.15) is 31.1 Å². The second kappa shape index (κ2) is 8.97. The molecular formula is C22H22FN3OS. The zero-order valence-electron chi connectivity index (χ0n) is 16.0. The lowest BCUT2D eigenvalue weighted by Gasteiger charge is -2.17. The average Bonchev–Trinajstić information content (AvgIpc) is 2.68. The molecular weight excluding hydrogens is 373 g/mol. The fourth-order valence-corrected chi connectivity index (χ4v) is 3.57. The minimum Gasteiger partial charge on any atom is -0.349 e. The summed E-state index contributed by atoms with van der Waals surface area (Å²) in [6, 6.07) is 17.7. The molecule has 0 unspecified atom stereocenters. The smallest absolute Gasteiger partial charge is 0.233 e. The monoisotopic (exact) mass is 395 g/mol. The molecule has 28 heavy (non-hydrogen) atoms.